The zero-order chi connectivity index (χ0) is 21.6. The third kappa shape index (κ3) is 7.03. The standard InChI is InChI=1S/C22H32ClFN6.HI/c1-22(2,17-11-10-16(24)14-18(17)23)15-27-21(25-3)26-12-7-9-20-29-28-19-8-5-4-6-13-30(19)20;/h10-11,14H,4-9,12-13,15H2,1-3H3,(H2,25,26,27);1H. The van der Waals surface area contributed by atoms with Gasteiger partial charge in [-0.15, -0.1) is 34.2 Å². The summed E-state index contributed by atoms with van der Waals surface area (Å²) in [6.07, 6.45) is 6.57. The smallest absolute Gasteiger partial charge is 0.191 e. The molecule has 0 amide bonds. The number of benzene rings is 1. The Kier molecular flexibility index (Phi) is 9.99. The van der Waals surface area contributed by atoms with Crippen LogP contribution in [-0.2, 0) is 24.8 Å². The van der Waals surface area contributed by atoms with Gasteiger partial charge >= 0.3 is 0 Å². The molecule has 1 aliphatic rings. The monoisotopic (exact) mass is 562 g/mol. The molecule has 3 rings (SSSR count). The van der Waals surface area contributed by atoms with Crippen LogP contribution in [0.5, 0.6) is 0 Å². The van der Waals surface area contributed by atoms with Crippen molar-refractivity contribution in [1.29, 1.82) is 0 Å². The van der Waals surface area contributed by atoms with E-state index in [9.17, 15) is 4.39 Å². The Morgan fingerprint density at radius 3 is 2.77 bits per heavy atom. The lowest BCUT2D eigenvalue weighted by atomic mass is 9.84. The zero-order valence-corrected chi connectivity index (χ0v) is 21.6. The molecule has 1 aromatic carbocycles. The minimum absolute atomic E-state index is 0. The molecule has 6 nitrogen and oxygen atoms in total. The molecule has 0 bridgehead atoms. The molecule has 9 heteroatoms. The Bertz CT molecular complexity index is 883. The normalized spacial score (nSPS) is 14.4. The summed E-state index contributed by atoms with van der Waals surface area (Å²) in [7, 11) is 1.76. The molecule has 31 heavy (non-hydrogen) atoms. The van der Waals surface area contributed by atoms with Crippen molar-refractivity contribution in [1.82, 2.24) is 25.4 Å². The number of hydrogen-bond donors (Lipinski definition) is 2. The first-order valence-electron chi connectivity index (χ1n) is 10.7. The van der Waals surface area contributed by atoms with Crippen LogP contribution in [0.4, 0.5) is 4.39 Å². The lowest BCUT2D eigenvalue weighted by Crippen LogP contribution is -2.43. The number of rotatable bonds is 7. The van der Waals surface area contributed by atoms with E-state index in [0.29, 0.717) is 11.6 Å². The number of fused-ring (bicyclic) bond motifs is 1. The highest BCUT2D eigenvalue weighted by Gasteiger charge is 2.24. The highest BCUT2D eigenvalue weighted by molar-refractivity contribution is 14.0. The second-order valence-electron chi connectivity index (χ2n) is 8.46. The molecular weight excluding hydrogens is 530 g/mol. The molecule has 0 aliphatic carbocycles. The molecule has 0 atom stereocenters. The predicted molar refractivity (Wildman–Crippen MR) is 135 cm³/mol. The molecule has 0 radical (unpaired) electrons. The van der Waals surface area contributed by atoms with Gasteiger partial charge < -0.3 is 15.2 Å². The van der Waals surface area contributed by atoms with Crippen molar-refractivity contribution in [3.05, 3.63) is 46.3 Å². The van der Waals surface area contributed by atoms with E-state index in [0.717, 1.165) is 55.5 Å². The second kappa shape index (κ2) is 12.0. The fourth-order valence-corrected chi connectivity index (χ4v) is 4.27. The maximum absolute atomic E-state index is 13.4. The molecule has 1 aliphatic heterocycles. The van der Waals surface area contributed by atoms with Gasteiger partial charge in [-0.05, 0) is 37.0 Å². The first-order chi connectivity index (χ1) is 14.4. The van der Waals surface area contributed by atoms with Crippen LogP contribution in [0.3, 0.4) is 0 Å². The third-order valence-corrected chi connectivity index (χ3v) is 5.95. The van der Waals surface area contributed by atoms with Crippen LogP contribution >= 0.6 is 35.6 Å². The van der Waals surface area contributed by atoms with Crippen molar-refractivity contribution in [2.45, 2.75) is 64.3 Å². The van der Waals surface area contributed by atoms with Gasteiger partial charge in [0.1, 0.15) is 17.5 Å². The maximum atomic E-state index is 13.4. The summed E-state index contributed by atoms with van der Waals surface area (Å²) in [6, 6.07) is 4.55. The molecule has 2 heterocycles. The van der Waals surface area contributed by atoms with Crippen molar-refractivity contribution >= 4 is 41.5 Å². The van der Waals surface area contributed by atoms with Gasteiger partial charge in [-0.25, -0.2) is 4.39 Å². The van der Waals surface area contributed by atoms with Gasteiger partial charge in [-0.2, -0.15) is 0 Å². The minimum Gasteiger partial charge on any atom is -0.356 e. The average Bonchev–Trinajstić information content (AvgIpc) is 2.93. The van der Waals surface area contributed by atoms with E-state index in [1.165, 1.54) is 31.4 Å². The van der Waals surface area contributed by atoms with E-state index in [1.54, 1.807) is 13.1 Å². The fraction of sp³-hybridized carbons (Fsp3) is 0.591. The summed E-state index contributed by atoms with van der Waals surface area (Å²) in [6.45, 7) is 6.59. The summed E-state index contributed by atoms with van der Waals surface area (Å²) < 4.78 is 15.7. The Hall–Kier alpha value is -1.42. The Morgan fingerprint density at radius 2 is 2.03 bits per heavy atom. The van der Waals surface area contributed by atoms with Crippen molar-refractivity contribution in [3.8, 4) is 0 Å². The molecule has 2 N–H and O–H groups in total. The molecule has 0 unspecified atom stereocenters. The third-order valence-electron chi connectivity index (χ3n) is 5.64. The maximum Gasteiger partial charge on any atom is 0.191 e. The number of nitrogens with one attached hydrogen (secondary N) is 2. The van der Waals surface area contributed by atoms with E-state index < -0.39 is 0 Å². The molecule has 0 saturated heterocycles. The lowest BCUT2D eigenvalue weighted by Gasteiger charge is -2.27. The number of nitrogens with zero attached hydrogens (tertiary/aromatic N) is 4. The Morgan fingerprint density at radius 1 is 1.23 bits per heavy atom. The summed E-state index contributed by atoms with van der Waals surface area (Å²) in [5.74, 6) is 2.63. The highest BCUT2D eigenvalue weighted by Crippen LogP contribution is 2.29. The first kappa shape index (κ1) is 25.8. The number of aryl methyl sites for hydroxylation is 2. The largest absolute Gasteiger partial charge is 0.356 e. The number of aromatic nitrogens is 3. The Labute approximate surface area is 206 Å². The Balaban J connectivity index is 0.00000341. The SMILES string of the molecule is CN=C(NCCCc1nnc2n1CCCCC2)NCC(C)(C)c1ccc(F)cc1Cl.I. The molecular formula is C22H33ClFIN6. The summed E-state index contributed by atoms with van der Waals surface area (Å²) in [4.78, 5) is 4.31. The van der Waals surface area contributed by atoms with E-state index in [1.807, 2.05) is 0 Å². The van der Waals surface area contributed by atoms with Crippen LogP contribution < -0.4 is 10.6 Å². The quantitative estimate of drug-likeness (QED) is 0.226. The average molecular weight is 563 g/mol. The summed E-state index contributed by atoms with van der Waals surface area (Å²) in [5.41, 5.74) is 0.627. The number of halogens is 3. The minimum atomic E-state index is -0.324. The molecule has 0 saturated carbocycles. The van der Waals surface area contributed by atoms with Gasteiger partial charge in [0.05, 0.1) is 0 Å². The van der Waals surface area contributed by atoms with E-state index in [4.69, 9.17) is 11.6 Å². The lowest BCUT2D eigenvalue weighted by molar-refractivity contribution is 0.506. The number of aliphatic imine (C=N–C) groups is 1. The second-order valence-corrected chi connectivity index (χ2v) is 8.87. The molecule has 2 aromatic rings. The summed E-state index contributed by atoms with van der Waals surface area (Å²) in [5, 5.41) is 15.9. The van der Waals surface area contributed by atoms with Gasteiger partial charge in [-0.3, -0.25) is 4.99 Å². The fourth-order valence-electron chi connectivity index (χ4n) is 3.84. The van der Waals surface area contributed by atoms with Crippen LogP contribution in [0.1, 0.15) is 56.7 Å². The van der Waals surface area contributed by atoms with Gasteiger partial charge in [0.25, 0.3) is 0 Å². The van der Waals surface area contributed by atoms with Gasteiger partial charge in [0, 0.05) is 50.0 Å². The van der Waals surface area contributed by atoms with Crippen molar-refractivity contribution in [3.63, 3.8) is 0 Å². The van der Waals surface area contributed by atoms with Crippen LogP contribution in [0.25, 0.3) is 0 Å². The highest BCUT2D eigenvalue weighted by atomic mass is 127. The van der Waals surface area contributed by atoms with Crippen LogP contribution in [0.2, 0.25) is 5.02 Å². The van der Waals surface area contributed by atoms with Crippen LogP contribution in [-0.4, -0.2) is 40.9 Å². The van der Waals surface area contributed by atoms with E-state index in [-0.39, 0.29) is 35.2 Å². The first-order valence-corrected chi connectivity index (χ1v) is 11.1. The van der Waals surface area contributed by atoms with Gasteiger partial charge in [0.2, 0.25) is 0 Å². The predicted octanol–water partition coefficient (Wildman–Crippen LogP) is 4.49. The van der Waals surface area contributed by atoms with Crippen LogP contribution in [0, 0.1) is 5.82 Å². The topological polar surface area (TPSA) is 67.1 Å². The van der Waals surface area contributed by atoms with Crippen molar-refractivity contribution in [2.24, 2.45) is 4.99 Å². The van der Waals surface area contributed by atoms with Crippen molar-refractivity contribution in [2.75, 3.05) is 20.1 Å². The molecule has 172 valence electrons. The molecule has 1 aromatic heterocycles. The number of hydrogen-bond acceptors (Lipinski definition) is 3. The van der Waals surface area contributed by atoms with Gasteiger partial charge in [0.15, 0.2) is 5.96 Å². The van der Waals surface area contributed by atoms with Crippen LogP contribution in [0.15, 0.2) is 23.2 Å². The van der Waals surface area contributed by atoms with Crippen molar-refractivity contribution < 1.29 is 4.39 Å². The summed E-state index contributed by atoms with van der Waals surface area (Å²) >= 11 is 6.25. The molecule has 0 fully saturated rings. The zero-order valence-electron chi connectivity index (χ0n) is 18.5. The van der Waals surface area contributed by atoms with E-state index in [2.05, 4.69) is 44.2 Å². The number of guanidine groups is 1. The van der Waals surface area contributed by atoms with E-state index >= 15 is 0 Å². The van der Waals surface area contributed by atoms with Gasteiger partial charge in [-0.1, -0.05) is 37.9 Å². The molecule has 0 spiro atoms.